The van der Waals surface area contributed by atoms with Gasteiger partial charge in [-0.3, -0.25) is 33.7 Å². The fourth-order valence-electron chi connectivity index (χ4n) is 10.5. The number of carbonyl (C=O) groups is 6. The van der Waals surface area contributed by atoms with E-state index in [4.69, 9.17) is 14.3 Å². The molecule has 2 aromatic carbocycles. The number of methoxy groups -OCH3 is 2. The van der Waals surface area contributed by atoms with E-state index >= 15 is 0 Å². The van der Waals surface area contributed by atoms with Gasteiger partial charge in [-0.05, 0) is 80.2 Å². The molecule has 1 saturated carbocycles. The lowest BCUT2D eigenvalue weighted by molar-refractivity contribution is -0.200. The highest BCUT2D eigenvalue weighted by atomic mass is 16.7. The number of amides is 5. The number of nitrogens with one attached hydrogen (secondary N) is 2. The summed E-state index contributed by atoms with van der Waals surface area (Å²) >= 11 is 0. The van der Waals surface area contributed by atoms with Crippen molar-refractivity contribution in [1.29, 1.82) is 0 Å². The Hall–Kier alpha value is -4.90. The largest absolute Gasteiger partial charge is 0.478 e. The molecule has 16 nitrogen and oxygen atoms in total. The van der Waals surface area contributed by atoms with Gasteiger partial charge < -0.3 is 35.0 Å². The summed E-state index contributed by atoms with van der Waals surface area (Å²) in [6.07, 6.45) is 2.73. The van der Waals surface area contributed by atoms with Crippen molar-refractivity contribution in [3.05, 3.63) is 71.3 Å². The predicted molar refractivity (Wildman–Crippen MR) is 258 cm³/mol. The van der Waals surface area contributed by atoms with Crippen LogP contribution in [0.2, 0.25) is 0 Å². The van der Waals surface area contributed by atoms with E-state index in [0.29, 0.717) is 51.9 Å². The maximum atomic E-state index is 14.7. The molecule has 1 aliphatic carbocycles. The Bertz CT molecular complexity index is 2030. The van der Waals surface area contributed by atoms with Gasteiger partial charge in [-0.2, -0.15) is 0 Å². The van der Waals surface area contributed by atoms with E-state index in [0.717, 1.165) is 24.0 Å². The Balaban J connectivity index is 1.29. The van der Waals surface area contributed by atoms with Gasteiger partial charge in [0.25, 0.3) is 5.91 Å². The Morgan fingerprint density at radius 2 is 1.54 bits per heavy atom. The van der Waals surface area contributed by atoms with Gasteiger partial charge in [0.1, 0.15) is 11.6 Å². The highest BCUT2D eigenvalue weighted by molar-refractivity contribution is 5.96. The topological polar surface area (TPSA) is 187 Å². The van der Waals surface area contributed by atoms with Crippen LogP contribution in [-0.4, -0.2) is 150 Å². The Morgan fingerprint density at radius 1 is 0.868 bits per heavy atom. The molecule has 2 aliphatic heterocycles. The first kappa shape index (κ1) is 54.0. The number of likely N-dealkylation sites (tertiary alicyclic amines) is 1. The molecule has 0 radical (unpaired) electrons. The predicted octanol–water partition coefficient (Wildman–Crippen LogP) is 5.50. The first-order chi connectivity index (χ1) is 32.3. The summed E-state index contributed by atoms with van der Waals surface area (Å²) in [6.45, 7) is 15.2. The zero-order valence-electron chi connectivity index (χ0n) is 42.2. The van der Waals surface area contributed by atoms with Crippen molar-refractivity contribution >= 4 is 35.5 Å². The van der Waals surface area contributed by atoms with Gasteiger partial charge in [-0.1, -0.05) is 97.4 Å². The molecule has 10 atom stereocenters. The van der Waals surface area contributed by atoms with E-state index in [1.807, 2.05) is 83.8 Å². The lowest BCUT2D eigenvalue weighted by atomic mass is 9.89. The van der Waals surface area contributed by atoms with Crippen LogP contribution >= 0.6 is 0 Å². The van der Waals surface area contributed by atoms with Crippen LogP contribution < -0.4 is 10.6 Å². The Morgan fingerprint density at radius 3 is 2.10 bits per heavy atom. The van der Waals surface area contributed by atoms with Crippen LogP contribution in [0.25, 0.3) is 0 Å². The van der Waals surface area contributed by atoms with Crippen LogP contribution in [0.1, 0.15) is 121 Å². The third-order valence-corrected chi connectivity index (χ3v) is 14.6. The molecule has 2 saturated heterocycles. The van der Waals surface area contributed by atoms with E-state index < -0.39 is 53.8 Å². The van der Waals surface area contributed by atoms with Gasteiger partial charge >= 0.3 is 5.97 Å². The van der Waals surface area contributed by atoms with E-state index in [1.54, 1.807) is 62.3 Å². The standard InChI is InChI=1S/C52H78N6O10/c1-12-34(6)45(56(9)49(62)43(32(2)3)53-48(61)44(33(4)5)55(8)31-36-22-24-38(25-23-36)50(63)64)41(66-10)29-42(59)57-26-18-21-40(57)46(67-11)35(7)47(60)54-52(51(65)58-27-16-17-28-68-58)30-39(52)37-19-14-13-15-20-37/h13-15,19-20,22-25,32-35,39-41,43-46H,12,16-18,21,26-31H2,1-11H3,(H,53,61)(H,54,60)(H,63,64)/t34-,35+,39+,40-,41+,43-,44-,45-,46+,52-/m0/s1. The average Bonchev–Trinajstić information content (AvgIpc) is 3.85. The summed E-state index contributed by atoms with van der Waals surface area (Å²) in [5, 5.41) is 17.0. The van der Waals surface area contributed by atoms with Gasteiger partial charge in [0.15, 0.2) is 0 Å². The number of carbonyl (C=O) groups excluding carboxylic acids is 5. The number of carboxylic acid groups (broad SMARTS) is 1. The second-order valence-corrected chi connectivity index (χ2v) is 20.0. The number of benzene rings is 2. The van der Waals surface area contributed by atoms with Crippen LogP contribution in [0.15, 0.2) is 54.6 Å². The maximum absolute atomic E-state index is 14.7. The molecule has 0 bridgehead atoms. The van der Waals surface area contributed by atoms with Gasteiger partial charge in [-0.25, -0.2) is 9.86 Å². The van der Waals surface area contributed by atoms with Crippen molar-refractivity contribution in [3.8, 4) is 0 Å². The number of hydrogen-bond acceptors (Lipinski definition) is 10. The van der Waals surface area contributed by atoms with Gasteiger partial charge in [-0.15, -0.1) is 0 Å². The Kier molecular flexibility index (Phi) is 19.1. The van der Waals surface area contributed by atoms with Gasteiger partial charge in [0, 0.05) is 46.8 Å². The molecule has 3 fully saturated rings. The fourth-order valence-corrected chi connectivity index (χ4v) is 10.5. The molecule has 5 amide bonds. The van der Waals surface area contributed by atoms with E-state index in [1.165, 1.54) is 5.06 Å². The number of rotatable bonds is 23. The summed E-state index contributed by atoms with van der Waals surface area (Å²) in [4.78, 5) is 94.3. The molecule has 5 rings (SSSR count). The quantitative estimate of drug-likeness (QED) is 0.128. The summed E-state index contributed by atoms with van der Waals surface area (Å²) in [5.74, 6) is -3.81. The normalized spacial score (nSPS) is 22.5. The first-order valence-corrected chi connectivity index (χ1v) is 24.6. The average molecular weight is 947 g/mol. The monoisotopic (exact) mass is 947 g/mol. The van der Waals surface area contributed by atoms with Crippen LogP contribution in [0.5, 0.6) is 0 Å². The van der Waals surface area contributed by atoms with Crippen molar-refractivity contribution < 1.29 is 48.2 Å². The summed E-state index contributed by atoms with van der Waals surface area (Å²) < 4.78 is 12.2. The third kappa shape index (κ3) is 12.5. The second-order valence-electron chi connectivity index (χ2n) is 20.0. The summed E-state index contributed by atoms with van der Waals surface area (Å²) in [6, 6.07) is 13.8. The van der Waals surface area contributed by atoms with Crippen LogP contribution in [-0.2, 0) is 44.8 Å². The molecule has 68 heavy (non-hydrogen) atoms. The first-order valence-electron chi connectivity index (χ1n) is 24.6. The van der Waals surface area contributed by atoms with Crippen molar-refractivity contribution in [1.82, 2.24) is 30.4 Å². The molecule has 16 heteroatoms. The van der Waals surface area contributed by atoms with Gasteiger partial charge in [0.05, 0.1) is 54.8 Å². The highest BCUT2D eigenvalue weighted by Crippen LogP contribution is 2.53. The lowest BCUT2D eigenvalue weighted by Gasteiger charge is -2.41. The number of aromatic carboxylic acids is 1. The molecular formula is C52H78N6O10. The molecular weight excluding hydrogens is 869 g/mol. The van der Waals surface area contributed by atoms with Crippen molar-refractivity contribution in [2.24, 2.45) is 23.7 Å². The minimum absolute atomic E-state index is 0.0325. The molecule has 2 aromatic rings. The van der Waals surface area contributed by atoms with Crippen molar-refractivity contribution in [2.45, 2.75) is 148 Å². The fraction of sp³-hybridized carbons (Fsp3) is 0.654. The molecule has 0 spiro atoms. The highest BCUT2D eigenvalue weighted by Gasteiger charge is 2.64. The number of hydrogen-bond donors (Lipinski definition) is 3. The lowest BCUT2D eigenvalue weighted by Crippen LogP contribution is -2.60. The van der Waals surface area contributed by atoms with E-state index in [2.05, 4.69) is 10.6 Å². The minimum Gasteiger partial charge on any atom is -0.478 e. The molecule has 3 aliphatic rings. The minimum atomic E-state index is -1.16. The molecule has 0 unspecified atom stereocenters. The SMILES string of the molecule is CC[C@H](C)[C@@H]([C@@H](CC(=O)N1CCC[C@H]1[C@H](OC)[C@@H](C)C(=O)N[C@@]1(C(=O)N2CCCCO2)C[C@@H]1c1ccccc1)OC)N(C)C(=O)[C@@H](NC(=O)[C@H](C(C)C)N(C)Cc1ccc(C(=O)O)cc1)C(C)C. The zero-order valence-corrected chi connectivity index (χ0v) is 42.2. The van der Waals surface area contributed by atoms with Crippen LogP contribution in [0.4, 0.5) is 0 Å². The molecule has 0 aromatic heterocycles. The smallest absolute Gasteiger partial charge is 0.335 e. The summed E-state index contributed by atoms with van der Waals surface area (Å²) in [7, 11) is 6.64. The van der Waals surface area contributed by atoms with Gasteiger partial charge in [0.2, 0.25) is 23.6 Å². The third-order valence-electron chi connectivity index (χ3n) is 14.6. The summed E-state index contributed by atoms with van der Waals surface area (Å²) in [5.41, 5.74) is 0.831. The molecule has 3 N–H and O–H groups in total. The van der Waals surface area contributed by atoms with Crippen molar-refractivity contribution in [3.63, 3.8) is 0 Å². The van der Waals surface area contributed by atoms with Crippen LogP contribution in [0, 0.1) is 23.7 Å². The maximum Gasteiger partial charge on any atom is 0.335 e. The number of ether oxygens (including phenoxy) is 2. The number of carboxylic acids is 1. The molecule has 2 heterocycles. The second kappa shape index (κ2) is 24.1. The number of hydroxylamine groups is 2. The number of likely N-dealkylation sites (N-methyl/N-ethyl adjacent to an activating group) is 2. The Labute approximate surface area is 403 Å². The molecule has 376 valence electrons. The zero-order chi connectivity index (χ0) is 50.0. The van der Waals surface area contributed by atoms with Crippen LogP contribution in [0.3, 0.4) is 0 Å². The van der Waals surface area contributed by atoms with E-state index in [9.17, 15) is 33.9 Å². The number of nitrogens with zero attached hydrogens (tertiary/aromatic N) is 4. The van der Waals surface area contributed by atoms with E-state index in [-0.39, 0.29) is 65.2 Å². The van der Waals surface area contributed by atoms with Crippen molar-refractivity contribution in [2.75, 3.05) is 48.0 Å².